The third kappa shape index (κ3) is 4.13. The molecule has 5 heterocycles. The fraction of sp³-hybridized carbons (Fsp3) is 0.462. The lowest BCUT2D eigenvalue weighted by Gasteiger charge is -2.24. The van der Waals surface area contributed by atoms with E-state index in [4.69, 9.17) is 4.74 Å². The number of alkyl halides is 3. The minimum Gasteiger partial charge on any atom is -0.375 e. The summed E-state index contributed by atoms with van der Waals surface area (Å²) >= 11 is 1.33. The molecule has 2 saturated heterocycles. The number of nitrogens with zero attached hydrogens (tertiary/aromatic N) is 3. The molecular weight excluding hydrogens is 505 g/mol. The number of imide groups is 1. The first-order valence-electron chi connectivity index (χ1n) is 12.2. The molecule has 37 heavy (non-hydrogen) atoms. The molecule has 1 saturated carbocycles. The highest BCUT2D eigenvalue weighted by Crippen LogP contribution is 2.63. The lowest BCUT2D eigenvalue weighted by molar-refractivity contribution is -0.143. The summed E-state index contributed by atoms with van der Waals surface area (Å²) in [7, 11) is 0. The number of ether oxygens (including phenoxy) is 1. The second kappa shape index (κ2) is 8.57. The van der Waals surface area contributed by atoms with E-state index in [9.17, 15) is 22.8 Å². The quantitative estimate of drug-likeness (QED) is 0.501. The minimum atomic E-state index is -4.54. The van der Waals surface area contributed by atoms with Gasteiger partial charge in [0.2, 0.25) is 11.8 Å². The molecule has 6 rings (SSSR count). The largest absolute Gasteiger partial charge is 0.417 e. The Labute approximate surface area is 215 Å². The number of fused-ring (bicyclic) bond motifs is 2. The Morgan fingerprint density at radius 1 is 1.16 bits per heavy atom. The number of amides is 2. The van der Waals surface area contributed by atoms with Crippen LogP contribution in [0.5, 0.6) is 0 Å². The Morgan fingerprint density at radius 2 is 1.92 bits per heavy atom. The normalized spacial score (nSPS) is 25.1. The molecule has 2 amide bonds. The summed E-state index contributed by atoms with van der Waals surface area (Å²) in [4.78, 5) is 36.3. The molecule has 1 aliphatic carbocycles. The van der Waals surface area contributed by atoms with Gasteiger partial charge in [-0.2, -0.15) is 13.2 Å². The summed E-state index contributed by atoms with van der Waals surface area (Å²) in [5.41, 5.74) is 0.954. The van der Waals surface area contributed by atoms with Crippen molar-refractivity contribution < 1.29 is 27.5 Å². The van der Waals surface area contributed by atoms with E-state index in [0.29, 0.717) is 46.6 Å². The number of carbonyl (C=O) groups excluding carboxylic acids is 2. The zero-order valence-corrected chi connectivity index (χ0v) is 21.1. The third-order valence-corrected chi connectivity index (χ3v) is 8.82. The predicted octanol–water partition coefficient (Wildman–Crippen LogP) is 4.05. The number of aromatic nitrogens is 2. The predicted molar refractivity (Wildman–Crippen MR) is 130 cm³/mol. The number of morpholine rings is 1. The Balaban J connectivity index is 1.36. The van der Waals surface area contributed by atoms with Gasteiger partial charge in [-0.3, -0.25) is 24.5 Å². The summed E-state index contributed by atoms with van der Waals surface area (Å²) in [5, 5.41) is 3.24. The number of pyridine rings is 2. The van der Waals surface area contributed by atoms with Crippen LogP contribution >= 0.6 is 11.3 Å². The van der Waals surface area contributed by atoms with Crippen LogP contribution in [-0.2, 0) is 33.5 Å². The molecule has 0 bridgehead atoms. The summed E-state index contributed by atoms with van der Waals surface area (Å²) < 4.78 is 47.4. The van der Waals surface area contributed by atoms with Gasteiger partial charge in [-0.05, 0) is 23.6 Å². The van der Waals surface area contributed by atoms with Crippen molar-refractivity contribution in [2.75, 3.05) is 19.7 Å². The van der Waals surface area contributed by atoms with Gasteiger partial charge in [-0.15, -0.1) is 11.3 Å². The lowest BCUT2D eigenvalue weighted by Crippen LogP contribution is -2.39. The second-order valence-corrected chi connectivity index (χ2v) is 11.6. The molecule has 2 aliphatic heterocycles. The number of halogens is 3. The van der Waals surface area contributed by atoms with Crippen LogP contribution < -0.4 is 5.32 Å². The average molecular weight is 531 g/mol. The lowest BCUT2D eigenvalue weighted by atomic mass is 9.98. The molecule has 3 unspecified atom stereocenters. The highest BCUT2D eigenvalue weighted by atomic mass is 32.1. The maximum Gasteiger partial charge on any atom is 0.417 e. The van der Waals surface area contributed by atoms with Crippen LogP contribution in [0.4, 0.5) is 13.2 Å². The van der Waals surface area contributed by atoms with E-state index in [1.807, 2.05) is 13.8 Å². The first kappa shape index (κ1) is 24.4. The van der Waals surface area contributed by atoms with Crippen molar-refractivity contribution in [3.63, 3.8) is 0 Å². The van der Waals surface area contributed by atoms with Gasteiger partial charge in [-0.25, -0.2) is 0 Å². The number of rotatable bonds is 5. The molecule has 194 valence electrons. The summed E-state index contributed by atoms with van der Waals surface area (Å²) in [6.07, 6.45) is -1.96. The van der Waals surface area contributed by atoms with E-state index in [-0.39, 0.29) is 41.7 Å². The van der Waals surface area contributed by atoms with Gasteiger partial charge in [0.25, 0.3) is 0 Å². The second-order valence-electron chi connectivity index (χ2n) is 10.4. The molecule has 7 nitrogen and oxygen atoms in total. The van der Waals surface area contributed by atoms with Crippen molar-refractivity contribution in [1.82, 2.24) is 20.2 Å². The molecule has 3 aliphatic rings. The van der Waals surface area contributed by atoms with Gasteiger partial charge in [0.1, 0.15) is 0 Å². The van der Waals surface area contributed by atoms with Crippen molar-refractivity contribution in [3.8, 4) is 11.1 Å². The number of hydrogen-bond acceptors (Lipinski definition) is 7. The summed E-state index contributed by atoms with van der Waals surface area (Å²) in [6.45, 7) is 5.85. The first-order chi connectivity index (χ1) is 17.6. The standard InChI is InChI=1S/C26H25F3N4O3S/c1-25(2)20-21(25)24(35)33(23(20)34)12-15-9-19-22(37-15)16(3-4-31-19)17-7-13(26(27,28)29)10-32-18(17)8-14-11-30-5-6-36-14/h3-4,7,9-10,14,20-21,30H,5-6,8,11-12H2,1-2H3. The van der Waals surface area contributed by atoms with E-state index >= 15 is 0 Å². The molecule has 3 aromatic rings. The molecule has 0 aromatic carbocycles. The smallest absolute Gasteiger partial charge is 0.375 e. The monoisotopic (exact) mass is 530 g/mol. The molecule has 11 heteroatoms. The Hall–Kier alpha value is -2.89. The minimum absolute atomic E-state index is 0.135. The van der Waals surface area contributed by atoms with Gasteiger partial charge in [-0.1, -0.05) is 13.8 Å². The molecule has 0 spiro atoms. The van der Waals surface area contributed by atoms with Crippen LogP contribution in [-0.4, -0.2) is 52.5 Å². The zero-order chi connectivity index (χ0) is 26.1. The zero-order valence-electron chi connectivity index (χ0n) is 20.3. The summed E-state index contributed by atoms with van der Waals surface area (Å²) in [5.74, 6) is -0.844. The van der Waals surface area contributed by atoms with Crippen molar-refractivity contribution >= 4 is 33.4 Å². The number of piperidine rings is 1. The number of hydrogen-bond donors (Lipinski definition) is 1. The van der Waals surface area contributed by atoms with Crippen LogP contribution in [0.1, 0.15) is 30.0 Å². The maximum atomic E-state index is 13.6. The summed E-state index contributed by atoms with van der Waals surface area (Å²) in [6, 6.07) is 4.62. The van der Waals surface area contributed by atoms with E-state index < -0.39 is 11.7 Å². The fourth-order valence-corrected chi connectivity index (χ4v) is 6.73. The van der Waals surface area contributed by atoms with Crippen LogP contribution in [0.15, 0.2) is 30.6 Å². The number of thiophene rings is 1. The van der Waals surface area contributed by atoms with Crippen LogP contribution in [0.25, 0.3) is 21.3 Å². The van der Waals surface area contributed by atoms with Crippen molar-refractivity contribution in [1.29, 1.82) is 0 Å². The molecule has 3 atom stereocenters. The molecular formula is C26H25F3N4O3S. The highest BCUT2D eigenvalue weighted by Gasteiger charge is 2.72. The van der Waals surface area contributed by atoms with Gasteiger partial charge >= 0.3 is 6.18 Å². The molecule has 3 aromatic heterocycles. The maximum absolute atomic E-state index is 13.6. The van der Waals surface area contributed by atoms with Crippen molar-refractivity contribution in [2.45, 2.75) is 39.1 Å². The van der Waals surface area contributed by atoms with Crippen LogP contribution in [0, 0.1) is 17.3 Å². The Bertz CT molecular complexity index is 1390. The number of likely N-dealkylation sites (tertiary alicyclic amines) is 1. The molecule has 0 radical (unpaired) electrons. The third-order valence-electron chi connectivity index (χ3n) is 7.68. The molecule has 1 N–H and O–H groups in total. The highest BCUT2D eigenvalue weighted by molar-refractivity contribution is 7.19. The molecule has 3 fully saturated rings. The Morgan fingerprint density at radius 3 is 2.59 bits per heavy atom. The van der Waals surface area contributed by atoms with Crippen molar-refractivity contribution in [2.24, 2.45) is 17.3 Å². The van der Waals surface area contributed by atoms with Gasteiger partial charge in [0.05, 0.1) is 52.6 Å². The SMILES string of the molecule is CC1(C)C2C(=O)N(Cc3cc4nccc(-c5cc(C(F)(F)F)cnc5CC5CNCCO5)c4s3)C(=O)C21. The van der Waals surface area contributed by atoms with E-state index in [2.05, 4.69) is 15.3 Å². The van der Waals surface area contributed by atoms with Crippen molar-refractivity contribution in [3.05, 3.63) is 46.7 Å². The first-order valence-corrected chi connectivity index (χ1v) is 13.0. The van der Waals surface area contributed by atoms with E-state index in [0.717, 1.165) is 23.7 Å². The van der Waals surface area contributed by atoms with Gasteiger partial charge in [0, 0.05) is 47.9 Å². The van der Waals surface area contributed by atoms with Gasteiger partial charge < -0.3 is 10.1 Å². The van der Waals surface area contributed by atoms with Crippen LogP contribution in [0.3, 0.4) is 0 Å². The van der Waals surface area contributed by atoms with E-state index in [1.54, 1.807) is 18.3 Å². The van der Waals surface area contributed by atoms with Crippen LogP contribution in [0.2, 0.25) is 0 Å². The average Bonchev–Trinajstić information content (AvgIpc) is 3.10. The van der Waals surface area contributed by atoms with E-state index in [1.165, 1.54) is 16.2 Å². The van der Waals surface area contributed by atoms with Gasteiger partial charge in [0.15, 0.2) is 0 Å². The topological polar surface area (TPSA) is 84.4 Å². The fourth-order valence-electron chi connectivity index (χ4n) is 5.60. The number of carbonyl (C=O) groups is 2. The Kier molecular flexibility index (Phi) is 5.66. The number of nitrogens with one attached hydrogen (secondary N) is 1.